The summed E-state index contributed by atoms with van der Waals surface area (Å²) < 4.78 is 11.7. The second-order valence-electron chi connectivity index (χ2n) is 8.10. The van der Waals surface area contributed by atoms with Crippen LogP contribution in [0.25, 0.3) is 0 Å². The molecule has 0 unspecified atom stereocenters. The van der Waals surface area contributed by atoms with Gasteiger partial charge < -0.3 is 9.47 Å². The summed E-state index contributed by atoms with van der Waals surface area (Å²) in [4.78, 5) is 15.1. The quantitative estimate of drug-likeness (QED) is 0.518. The van der Waals surface area contributed by atoms with Gasteiger partial charge in [0.2, 0.25) is 0 Å². The molecule has 0 bridgehead atoms. The van der Waals surface area contributed by atoms with Crippen LogP contribution in [0.2, 0.25) is 0 Å². The summed E-state index contributed by atoms with van der Waals surface area (Å²) in [6.07, 6.45) is 11.4. The Morgan fingerprint density at radius 3 is 2.69 bits per heavy atom. The normalized spacial score (nSPS) is 22.4. The molecule has 0 aromatic heterocycles. The zero-order valence-corrected chi connectivity index (χ0v) is 18.6. The molecule has 1 saturated heterocycles. The lowest BCUT2D eigenvalue weighted by atomic mass is 9.90. The van der Waals surface area contributed by atoms with E-state index in [2.05, 4.69) is 17.1 Å². The van der Waals surface area contributed by atoms with Crippen molar-refractivity contribution < 1.29 is 14.3 Å². The second kappa shape index (κ2) is 13.0. The molecular weight excluding hydrogens is 388 g/mol. The lowest BCUT2D eigenvalue weighted by molar-refractivity contribution is 0.00174. The number of amides is 1. The zero-order chi connectivity index (χ0) is 19.6. The van der Waals surface area contributed by atoms with Crippen molar-refractivity contribution in [3.8, 4) is 5.75 Å². The maximum Gasteiger partial charge on any atom is 0.411 e. The van der Waals surface area contributed by atoms with Crippen LogP contribution in [-0.4, -0.2) is 42.8 Å². The van der Waals surface area contributed by atoms with Gasteiger partial charge in [-0.05, 0) is 63.7 Å². The van der Waals surface area contributed by atoms with Crippen molar-refractivity contribution in [2.75, 3.05) is 25.0 Å². The Balaban J connectivity index is 0.00000300. The highest BCUT2D eigenvalue weighted by molar-refractivity contribution is 5.85. The highest BCUT2D eigenvalue weighted by Gasteiger charge is 2.33. The molecule has 5 nitrogen and oxygen atoms in total. The number of likely N-dealkylation sites (tertiary alicyclic amines) is 1. The molecule has 2 aliphatic rings. The van der Waals surface area contributed by atoms with Crippen LogP contribution in [0.3, 0.4) is 0 Å². The van der Waals surface area contributed by atoms with Crippen molar-refractivity contribution in [1.82, 2.24) is 4.90 Å². The Kier molecular flexibility index (Phi) is 10.6. The van der Waals surface area contributed by atoms with Gasteiger partial charge in [-0.3, -0.25) is 10.2 Å². The van der Waals surface area contributed by atoms with Gasteiger partial charge in [-0.1, -0.05) is 38.7 Å². The highest BCUT2D eigenvalue weighted by Crippen LogP contribution is 2.28. The van der Waals surface area contributed by atoms with Crippen LogP contribution < -0.4 is 10.1 Å². The summed E-state index contributed by atoms with van der Waals surface area (Å²) in [5.41, 5.74) is 0.725. The fourth-order valence-electron chi connectivity index (χ4n) is 4.37. The van der Waals surface area contributed by atoms with Crippen molar-refractivity contribution >= 4 is 24.2 Å². The highest BCUT2D eigenvalue weighted by atomic mass is 35.5. The van der Waals surface area contributed by atoms with Gasteiger partial charge in [-0.15, -0.1) is 12.4 Å². The summed E-state index contributed by atoms with van der Waals surface area (Å²) in [5.74, 6) is 0.790. The monoisotopic (exact) mass is 424 g/mol. The van der Waals surface area contributed by atoms with Crippen LogP contribution in [-0.2, 0) is 4.74 Å². The van der Waals surface area contributed by atoms with E-state index in [1.165, 1.54) is 38.5 Å². The van der Waals surface area contributed by atoms with E-state index in [0.717, 1.165) is 50.2 Å². The van der Waals surface area contributed by atoms with Gasteiger partial charge in [0.05, 0.1) is 6.61 Å². The molecule has 164 valence electrons. The Morgan fingerprint density at radius 2 is 1.90 bits per heavy atom. The third-order valence-electron chi connectivity index (χ3n) is 5.88. The molecule has 0 radical (unpaired) electrons. The Hall–Kier alpha value is -1.46. The van der Waals surface area contributed by atoms with Crippen molar-refractivity contribution in [3.63, 3.8) is 0 Å². The molecular formula is C23H37ClN2O3. The molecule has 3 rings (SSSR count). The topological polar surface area (TPSA) is 50.8 Å². The molecule has 6 heteroatoms. The van der Waals surface area contributed by atoms with E-state index < -0.39 is 0 Å². The third kappa shape index (κ3) is 7.71. The first-order valence-corrected chi connectivity index (χ1v) is 11.2. The van der Waals surface area contributed by atoms with Crippen molar-refractivity contribution in [2.24, 2.45) is 0 Å². The Bertz CT molecular complexity index is 608. The van der Waals surface area contributed by atoms with Gasteiger partial charge >= 0.3 is 6.09 Å². The van der Waals surface area contributed by atoms with Gasteiger partial charge in [-0.2, -0.15) is 0 Å². The number of carbonyl (C=O) groups excluding carboxylic acids is 1. The predicted molar refractivity (Wildman–Crippen MR) is 120 cm³/mol. The number of unbranched alkanes of at least 4 members (excludes halogenated alkanes) is 2. The number of rotatable bonds is 8. The van der Waals surface area contributed by atoms with E-state index >= 15 is 0 Å². The van der Waals surface area contributed by atoms with Crippen LogP contribution in [0.5, 0.6) is 5.75 Å². The standard InChI is InChI=1S/C23H36N2O3.ClH/c1-2-3-9-17-27-20-12-10-11-19(18-20)24-23(26)28-22-14-6-5-13-21(22)25-15-7-4-8-16-25;/h10-12,18,21-22H,2-9,13-17H2,1H3,(H,24,26);1H/t21-,22-;/m0./s1. The molecule has 2 fully saturated rings. The number of carbonyl (C=O) groups is 1. The minimum absolute atomic E-state index is 0. The van der Waals surface area contributed by atoms with E-state index in [4.69, 9.17) is 9.47 Å². The minimum Gasteiger partial charge on any atom is -0.494 e. The van der Waals surface area contributed by atoms with Crippen LogP contribution in [0.1, 0.15) is 71.1 Å². The molecule has 1 amide bonds. The number of hydrogen-bond acceptors (Lipinski definition) is 4. The van der Waals surface area contributed by atoms with Crippen LogP contribution in [0, 0.1) is 0 Å². The molecule has 1 aliphatic heterocycles. The average Bonchev–Trinajstić information content (AvgIpc) is 2.72. The van der Waals surface area contributed by atoms with Crippen molar-refractivity contribution in [1.29, 1.82) is 0 Å². The van der Waals surface area contributed by atoms with E-state index in [9.17, 15) is 4.79 Å². The summed E-state index contributed by atoms with van der Waals surface area (Å²) in [6, 6.07) is 7.96. The van der Waals surface area contributed by atoms with E-state index in [-0.39, 0.29) is 24.6 Å². The van der Waals surface area contributed by atoms with Gasteiger partial charge in [-0.25, -0.2) is 4.79 Å². The van der Waals surface area contributed by atoms with Crippen molar-refractivity contribution in [2.45, 2.75) is 83.3 Å². The summed E-state index contributed by atoms with van der Waals surface area (Å²) in [6.45, 7) is 5.17. The van der Waals surface area contributed by atoms with E-state index in [1.807, 2.05) is 24.3 Å². The lowest BCUT2D eigenvalue weighted by Gasteiger charge is -2.41. The number of nitrogens with zero attached hydrogens (tertiary/aromatic N) is 1. The predicted octanol–water partition coefficient (Wildman–Crippen LogP) is 6.02. The smallest absolute Gasteiger partial charge is 0.411 e. The number of nitrogens with one attached hydrogen (secondary N) is 1. The van der Waals surface area contributed by atoms with Crippen LogP contribution in [0.15, 0.2) is 24.3 Å². The van der Waals surface area contributed by atoms with E-state index in [1.54, 1.807) is 0 Å². The molecule has 1 saturated carbocycles. The molecule has 1 aromatic carbocycles. The first kappa shape index (κ1) is 23.8. The zero-order valence-electron chi connectivity index (χ0n) is 17.7. The average molecular weight is 425 g/mol. The molecule has 1 heterocycles. The number of ether oxygens (including phenoxy) is 2. The maximum atomic E-state index is 12.5. The Morgan fingerprint density at radius 1 is 1.10 bits per heavy atom. The molecule has 2 atom stereocenters. The molecule has 1 aromatic rings. The summed E-state index contributed by atoms with van der Waals surface area (Å²) in [7, 11) is 0. The number of piperidine rings is 1. The van der Waals surface area contributed by atoms with Crippen LogP contribution >= 0.6 is 12.4 Å². The third-order valence-corrected chi connectivity index (χ3v) is 5.88. The van der Waals surface area contributed by atoms with Crippen molar-refractivity contribution in [3.05, 3.63) is 24.3 Å². The first-order valence-electron chi connectivity index (χ1n) is 11.2. The molecule has 29 heavy (non-hydrogen) atoms. The lowest BCUT2D eigenvalue weighted by Crippen LogP contribution is -2.49. The summed E-state index contributed by atoms with van der Waals surface area (Å²) in [5, 5.41) is 2.90. The second-order valence-corrected chi connectivity index (χ2v) is 8.10. The number of halogens is 1. The molecule has 1 N–H and O–H groups in total. The van der Waals surface area contributed by atoms with Gasteiger partial charge in [0.1, 0.15) is 11.9 Å². The Labute approximate surface area is 181 Å². The number of benzene rings is 1. The van der Waals surface area contributed by atoms with Crippen LogP contribution in [0.4, 0.5) is 10.5 Å². The molecule has 0 spiro atoms. The fourth-order valence-corrected chi connectivity index (χ4v) is 4.37. The summed E-state index contributed by atoms with van der Waals surface area (Å²) >= 11 is 0. The fraction of sp³-hybridized carbons (Fsp3) is 0.696. The van der Waals surface area contributed by atoms with Gasteiger partial charge in [0, 0.05) is 17.8 Å². The number of hydrogen-bond donors (Lipinski definition) is 1. The van der Waals surface area contributed by atoms with Gasteiger partial charge in [0.15, 0.2) is 0 Å². The SMILES string of the molecule is CCCCCOc1cccc(NC(=O)O[C@H]2CCCC[C@@H]2N2CCCCC2)c1.Cl. The molecule has 1 aliphatic carbocycles. The minimum atomic E-state index is -0.350. The maximum absolute atomic E-state index is 12.5. The largest absolute Gasteiger partial charge is 0.494 e. The number of anilines is 1. The first-order chi connectivity index (χ1) is 13.8. The van der Waals surface area contributed by atoms with E-state index in [0.29, 0.717) is 12.6 Å². The van der Waals surface area contributed by atoms with Gasteiger partial charge in [0.25, 0.3) is 0 Å².